The van der Waals surface area contributed by atoms with E-state index in [1.807, 2.05) is 0 Å². The van der Waals surface area contributed by atoms with Gasteiger partial charge in [0, 0.05) is 11.8 Å². The molecule has 0 aliphatic carbocycles. The standard InChI is InChI=1S/C9H7ClF2N2/c1-4(10)7-5(11)2-13-9-8(7)6(12)3-14-9/h2-4H,1H3,(H,13,14). The third-order valence-corrected chi connectivity index (χ3v) is 2.26. The van der Waals surface area contributed by atoms with E-state index in [4.69, 9.17) is 11.6 Å². The number of alkyl halides is 1. The van der Waals surface area contributed by atoms with Crippen LogP contribution < -0.4 is 0 Å². The van der Waals surface area contributed by atoms with Crippen LogP contribution in [-0.4, -0.2) is 9.97 Å². The first-order valence-electron chi connectivity index (χ1n) is 4.06. The van der Waals surface area contributed by atoms with E-state index in [0.717, 1.165) is 12.4 Å². The molecule has 0 saturated carbocycles. The number of fused-ring (bicyclic) bond motifs is 1. The number of H-pyrrole nitrogens is 1. The van der Waals surface area contributed by atoms with Crippen molar-refractivity contribution in [2.24, 2.45) is 0 Å². The van der Waals surface area contributed by atoms with Crippen LogP contribution in [0.5, 0.6) is 0 Å². The summed E-state index contributed by atoms with van der Waals surface area (Å²) < 4.78 is 26.6. The zero-order valence-corrected chi connectivity index (χ0v) is 8.07. The minimum atomic E-state index is -0.592. The molecule has 74 valence electrons. The molecule has 0 saturated heterocycles. The summed E-state index contributed by atoms with van der Waals surface area (Å²) in [5.41, 5.74) is 0.460. The molecule has 2 nitrogen and oxygen atoms in total. The number of aromatic amines is 1. The number of rotatable bonds is 1. The molecular formula is C9H7ClF2N2. The largest absolute Gasteiger partial charge is 0.343 e. The number of pyridine rings is 1. The minimum Gasteiger partial charge on any atom is -0.343 e. The monoisotopic (exact) mass is 216 g/mol. The van der Waals surface area contributed by atoms with Crippen LogP contribution in [0, 0.1) is 11.6 Å². The highest BCUT2D eigenvalue weighted by Crippen LogP contribution is 2.30. The van der Waals surface area contributed by atoms with E-state index in [1.165, 1.54) is 0 Å². The normalized spacial score (nSPS) is 13.4. The average Bonchev–Trinajstić information content (AvgIpc) is 2.47. The Hall–Kier alpha value is -1.16. The molecule has 2 rings (SSSR count). The highest BCUT2D eigenvalue weighted by atomic mass is 35.5. The Morgan fingerprint density at radius 1 is 1.43 bits per heavy atom. The molecule has 1 atom stereocenters. The molecule has 2 heterocycles. The molecule has 0 amide bonds. The van der Waals surface area contributed by atoms with Crippen LogP contribution in [0.1, 0.15) is 17.9 Å². The van der Waals surface area contributed by atoms with Gasteiger partial charge in [0.15, 0.2) is 5.82 Å². The number of hydrogen-bond donors (Lipinski definition) is 1. The summed E-state index contributed by atoms with van der Waals surface area (Å²) in [4.78, 5) is 6.31. The minimum absolute atomic E-state index is 0.132. The summed E-state index contributed by atoms with van der Waals surface area (Å²) in [5.74, 6) is -1.12. The van der Waals surface area contributed by atoms with Crippen molar-refractivity contribution < 1.29 is 8.78 Å². The van der Waals surface area contributed by atoms with Crippen molar-refractivity contribution in [2.45, 2.75) is 12.3 Å². The molecule has 1 unspecified atom stereocenters. The number of nitrogens with zero attached hydrogens (tertiary/aromatic N) is 1. The SMILES string of the molecule is CC(Cl)c1c(F)cnc2[nH]cc(F)c12. The predicted octanol–water partition coefficient (Wildman–Crippen LogP) is 3.14. The van der Waals surface area contributed by atoms with E-state index in [-0.39, 0.29) is 10.9 Å². The maximum absolute atomic E-state index is 13.3. The second-order valence-corrected chi connectivity index (χ2v) is 3.65. The van der Waals surface area contributed by atoms with Gasteiger partial charge in [-0.1, -0.05) is 0 Å². The maximum Gasteiger partial charge on any atom is 0.150 e. The number of aromatic nitrogens is 2. The van der Waals surface area contributed by atoms with Gasteiger partial charge in [0.2, 0.25) is 0 Å². The highest BCUT2D eigenvalue weighted by molar-refractivity contribution is 6.21. The van der Waals surface area contributed by atoms with Crippen molar-refractivity contribution in [3.05, 3.63) is 29.6 Å². The summed E-state index contributed by atoms with van der Waals surface area (Å²) >= 11 is 5.77. The number of hydrogen-bond acceptors (Lipinski definition) is 1. The van der Waals surface area contributed by atoms with Crippen LogP contribution in [0.3, 0.4) is 0 Å². The van der Waals surface area contributed by atoms with Crippen molar-refractivity contribution in [3.63, 3.8) is 0 Å². The van der Waals surface area contributed by atoms with Gasteiger partial charge in [0.25, 0.3) is 0 Å². The second kappa shape index (κ2) is 3.20. The smallest absolute Gasteiger partial charge is 0.150 e. The lowest BCUT2D eigenvalue weighted by molar-refractivity contribution is 0.602. The quantitative estimate of drug-likeness (QED) is 0.729. The molecule has 0 spiro atoms. The van der Waals surface area contributed by atoms with Crippen molar-refractivity contribution in [2.75, 3.05) is 0 Å². The van der Waals surface area contributed by atoms with E-state index in [2.05, 4.69) is 9.97 Å². The van der Waals surface area contributed by atoms with Crippen LogP contribution in [0.2, 0.25) is 0 Å². The van der Waals surface area contributed by atoms with Crippen molar-refractivity contribution in [1.29, 1.82) is 0 Å². The summed E-state index contributed by atoms with van der Waals surface area (Å²) in [6.45, 7) is 1.59. The van der Waals surface area contributed by atoms with Crippen molar-refractivity contribution in [1.82, 2.24) is 9.97 Å². The molecule has 14 heavy (non-hydrogen) atoms. The van der Waals surface area contributed by atoms with Gasteiger partial charge in [-0.15, -0.1) is 11.6 Å². The van der Waals surface area contributed by atoms with E-state index >= 15 is 0 Å². The third kappa shape index (κ3) is 1.26. The molecule has 2 aromatic rings. The van der Waals surface area contributed by atoms with Gasteiger partial charge in [0.1, 0.15) is 11.5 Å². The van der Waals surface area contributed by atoms with Crippen molar-refractivity contribution >= 4 is 22.6 Å². The van der Waals surface area contributed by atoms with Gasteiger partial charge in [-0.25, -0.2) is 13.8 Å². The molecule has 0 radical (unpaired) electrons. The lowest BCUT2D eigenvalue weighted by Gasteiger charge is -2.06. The number of halogens is 3. The molecule has 1 N–H and O–H groups in total. The van der Waals surface area contributed by atoms with Gasteiger partial charge in [-0.3, -0.25) is 0 Å². The fourth-order valence-electron chi connectivity index (χ4n) is 1.45. The van der Waals surface area contributed by atoms with Crippen LogP contribution in [0.15, 0.2) is 12.4 Å². The van der Waals surface area contributed by atoms with Crippen LogP contribution in [0.25, 0.3) is 11.0 Å². The molecule has 5 heteroatoms. The van der Waals surface area contributed by atoms with Gasteiger partial charge >= 0.3 is 0 Å². The Bertz CT molecular complexity index is 479. The fourth-order valence-corrected chi connectivity index (χ4v) is 1.66. The Morgan fingerprint density at radius 2 is 2.14 bits per heavy atom. The molecule has 0 fully saturated rings. The molecule has 0 aromatic carbocycles. The third-order valence-electron chi connectivity index (χ3n) is 2.04. The first kappa shape index (κ1) is 9.40. The van der Waals surface area contributed by atoms with E-state index < -0.39 is 17.0 Å². The molecule has 0 bridgehead atoms. The van der Waals surface area contributed by atoms with Crippen LogP contribution in [-0.2, 0) is 0 Å². The average molecular weight is 217 g/mol. The lowest BCUT2D eigenvalue weighted by atomic mass is 10.1. The van der Waals surface area contributed by atoms with Crippen LogP contribution in [0.4, 0.5) is 8.78 Å². The first-order chi connectivity index (χ1) is 6.61. The topological polar surface area (TPSA) is 28.7 Å². The van der Waals surface area contributed by atoms with E-state index in [9.17, 15) is 8.78 Å². The Kier molecular flexibility index (Phi) is 2.15. The molecule has 0 aliphatic heterocycles. The zero-order chi connectivity index (χ0) is 10.3. The summed E-state index contributed by atoms with van der Waals surface area (Å²) in [6, 6.07) is 0. The number of nitrogens with one attached hydrogen (secondary N) is 1. The maximum atomic E-state index is 13.3. The van der Waals surface area contributed by atoms with Gasteiger partial charge in [0.05, 0.1) is 17.0 Å². The van der Waals surface area contributed by atoms with Crippen LogP contribution >= 0.6 is 11.6 Å². The Morgan fingerprint density at radius 3 is 2.79 bits per heavy atom. The second-order valence-electron chi connectivity index (χ2n) is 3.00. The van der Waals surface area contributed by atoms with Gasteiger partial charge < -0.3 is 4.98 Å². The fraction of sp³-hybridized carbons (Fsp3) is 0.222. The van der Waals surface area contributed by atoms with E-state index in [0.29, 0.717) is 5.65 Å². The zero-order valence-electron chi connectivity index (χ0n) is 7.31. The summed E-state index contributed by atoms with van der Waals surface area (Å²) in [7, 11) is 0. The van der Waals surface area contributed by atoms with E-state index in [1.54, 1.807) is 6.92 Å². The Balaban J connectivity index is 2.87. The van der Waals surface area contributed by atoms with Gasteiger partial charge in [-0.05, 0) is 6.92 Å². The lowest BCUT2D eigenvalue weighted by Crippen LogP contribution is -1.94. The van der Waals surface area contributed by atoms with Gasteiger partial charge in [-0.2, -0.15) is 0 Å². The molecule has 2 aromatic heterocycles. The highest BCUT2D eigenvalue weighted by Gasteiger charge is 2.17. The molecule has 0 aliphatic rings. The summed E-state index contributed by atoms with van der Waals surface area (Å²) in [5, 5.41) is -0.460. The Labute approximate surface area is 83.9 Å². The first-order valence-corrected chi connectivity index (χ1v) is 4.50. The molecular weight excluding hydrogens is 210 g/mol. The summed E-state index contributed by atoms with van der Waals surface area (Å²) in [6.07, 6.45) is 2.17. The van der Waals surface area contributed by atoms with Crippen molar-refractivity contribution in [3.8, 4) is 0 Å². The predicted molar refractivity (Wildman–Crippen MR) is 50.3 cm³/mol.